The van der Waals surface area contributed by atoms with Gasteiger partial charge in [-0.2, -0.15) is 0 Å². The van der Waals surface area contributed by atoms with E-state index >= 15 is 0 Å². The van der Waals surface area contributed by atoms with Crippen molar-refractivity contribution in [2.45, 2.75) is 32.9 Å². The van der Waals surface area contributed by atoms with Gasteiger partial charge in [0.2, 0.25) is 5.91 Å². The summed E-state index contributed by atoms with van der Waals surface area (Å²) in [4.78, 5) is 42.2. The van der Waals surface area contributed by atoms with Crippen molar-refractivity contribution in [3.63, 3.8) is 0 Å². The molecule has 1 aromatic heterocycles. The zero-order valence-corrected chi connectivity index (χ0v) is 18.3. The highest BCUT2D eigenvalue weighted by Gasteiger charge is 2.27. The minimum Gasteiger partial charge on any atom is -0.462 e. The van der Waals surface area contributed by atoms with Crippen LogP contribution in [-0.2, 0) is 26.4 Å². The van der Waals surface area contributed by atoms with Crippen molar-refractivity contribution in [2.24, 2.45) is 0 Å². The van der Waals surface area contributed by atoms with E-state index in [2.05, 4.69) is 4.98 Å². The SMILES string of the molecule is CCOC(=O)c1[nH]c(CSCC(=O)N2CCc3ccccc32)c(C(=O)OCC)c1C. The molecule has 0 saturated carbocycles. The van der Waals surface area contributed by atoms with E-state index in [1.165, 1.54) is 17.3 Å². The van der Waals surface area contributed by atoms with Gasteiger partial charge in [0.05, 0.1) is 24.5 Å². The number of ether oxygens (including phenoxy) is 2. The fraction of sp³-hybridized carbons (Fsp3) is 0.409. The van der Waals surface area contributed by atoms with Crippen molar-refractivity contribution < 1.29 is 23.9 Å². The molecule has 7 nitrogen and oxygen atoms in total. The van der Waals surface area contributed by atoms with Crippen molar-refractivity contribution in [3.8, 4) is 0 Å². The van der Waals surface area contributed by atoms with Crippen LogP contribution >= 0.6 is 11.8 Å². The fourth-order valence-electron chi connectivity index (χ4n) is 3.57. The van der Waals surface area contributed by atoms with Crippen molar-refractivity contribution in [1.82, 2.24) is 4.98 Å². The van der Waals surface area contributed by atoms with Gasteiger partial charge < -0.3 is 19.4 Å². The molecule has 2 aromatic rings. The second-order valence-corrected chi connectivity index (χ2v) is 7.82. The van der Waals surface area contributed by atoms with Crippen molar-refractivity contribution >= 4 is 35.3 Å². The Morgan fingerprint density at radius 3 is 2.53 bits per heavy atom. The molecule has 1 amide bonds. The smallest absolute Gasteiger partial charge is 0.355 e. The number of carbonyl (C=O) groups is 3. The average molecular weight is 431 g/mol. The Kier molecular flexibility index (Phi) is 7.20. The Bertz CT molecular complexity index is 953. The molecule has 0 bridgehead atoms. The van der Waals surface area contributed by atoms with E-state index in [9.17, 15) is 14.4 Å². The normalized spacial score (nSPS) is 12.6. The fourth-order valence-corrected chi connectivity index (χ4v) is 4.42. The third-order valence-corrected chi connectivity index (χ3v) is 5.89. The van der Waals surface area contributed by atoms with Crippen molar-refractivity contribution in [3.05, 3.63) is 52.3 Å². The molecule has 3 rings (SSSR count). The first kappa shape index (κ1) is 22.0. The van der Waals surface area contributed by atoms with Gasteiger partial charge in [0, 0.05) is 23.7 Å². The van der Waals surface area contributed by atoms with Gasteiger partial charge in [-0.1, -0.05) is 18.2 Å². The minimum absolute atomic E-state index is 0.0246. The number of fused-ring (bicyclic) bond motifs is 1. The molecule has 30 heavy (non-hydrogen) atoms. The van der Waals surface area contributed by atoms with Gasteiger partial charge in [0.1, 0.15) is 5.69 Å². The summed E-state index contributed by atoms with van der Waals surface area (Å²) in [5.74, 6) is -0.339. The van der Waals surface area contributed by atoms with Gasteiger partial charge in [-0.15, -0.1) is 11.8 Å². The first-order valence-corrected chi connectivity index (χ1v) is 11.1. The Labute approximate surface area is 180 Å². The third kappa shape index (κ3) is 4.53. The molecule has 160 valence electrons. The molecule has 1 N–H and O–H groups in total. The molecule has 1 aliphatic heterocycles. The molecule has 1 aromatic carbocycles. The van der Waals surface area contributed by atoms with E-state index in [0.717, 1.165) is 12.1 Å². The van der Waals surface area contributed by atoms with Crippen LogP contribution in [0.25, 0.3) is 0 Å². The largest absolute Gasteiger partial charge is 0.462 e. The molecule has 2 heterocycles. The van der Waals surface area contributed by atoms with E-state index in [1.807, 2.05) is 24.3 Å². The molecule has 0 unspecified atom stereocenters. The Balaban J connectivity index is 1.71. The number of rotatable bonds is 8. The number of hydrogen-bond acceptors (Lipinski definition) is 6. The number of H-pyrrole nitrogens is 1. The molecule has 0 atom stereocenters. The van der Waals surface area contributed by atoms with E-state index in [-0.39, 0.29) is 30.6 Å². The Morgan fingerprint density at radius 1 is 1.10 bits per heavy atom. The highest BCUT2D eigenvalue weighted by molar-refractivity contribution is 7.99. The summed E-state index contributed by atoms with van der Waals surface area (Å²) in [5, 5.41) is 0. The quantitative estimate of drug-likeness (QED) is 0.645. The lowest BCUT2D eigenvalue weighted by Gasteiger charge is -2.17. The van der Waals surface area contributed by atoms with Gasteiger partial charge in [-0.3, -0.25) is 4.79 Å². The van der Waals surface area contributed by atoms with Crippen LogP contribution in [0.5, 0.6) is 0 Å². The number of anilines is 1. The van der Waals surface area contributed by atoms with Crippen molar-refractivity contribution in [1.29, 1.82) is 0 Å². The number of amides is 1. The van der Waals surface area contributed by atoms with E-state index in [4.69, 9.17) is 9.47 Å². The molecular formula is C22H26N2O5S. The van der Waals surface area contributed by atoms with E-state index in [0.29, 0.717) is 29.1 Å². The number of hydrogen-bond donors (Lipinski definition) is 1. The molecule has 0 spiro atoms. The summed E-state index contributed by atoms with van der Waals surface area (Å²) in [6.45, 7) is 6.30. The van der Waals surface area contributed by atoms with Crippen LogP contribution in [0, 0.1) is 6.92 Å². The molecule has 0 radical (unpaired) electrons. The predicted molar refractivity (Wildman–Crippen MR) is 116 cm³/mol. The van der Waals surface area contributed by atoms with E-state index in [1.54, 1.807) is 25.7 Å². The monoisotopic (exact) mass is 430 g/mol. The summed E-state index contributed by atoms with van der Waals surface area (Å²) < 4.78 is 10.2. The average Bonchev–Trinajstić information content (AvgIpc) is 3.29. The van der Waals surface area contributed by atoms with Gasteiger partial charge in [-0.25, -0.2) is 9.59 Å². The molecule has 0 fully saturated rings. The molecular weight excluding hydrogens is 404 g/mol. The van der Waals surface area contributed by atoms with Crippen LogP contribution in [-0.4, -0.2) is 48.3 Å². The van der Waals surface area contributed by atoms with E-state index < -0.39 is 11.9 Å². The number of aromatic amines is 1. The second-order valence-electron chi connectivity index (χ2n) is 6.84. The summed E-state index contributed by atoms with van der Waals surface area (Å²) in [5.41, 5.74) is 3.80. The van der Waals surface area contributed by atoms with Crippen LogP contribution in [0.4, 0.5) is 5.69 Å². The Hall–Kier alpha value is -2.74. The van der Waals surface area contributed by atoms with Gasteiger partial charge in [0.15, 0.2) is 0 Å². The standard InChI is InChI=1S/C22H26N2O5S/c1-4-28-21(26)19-14(3)20(22(27)29-5-2)23-16(19)12-30-13-18(25)24-11-10-15-8-6-7-9-17(15)24/h6-9,23H,4-5,10-13H2,1-3H3. The molecule has 1 aliphatic rings. The topological polar surface area (TPSA) is 88.7 Å². The lowest BCUT2D eigenvalue weighted by atomic mass is 10.1. The second kappa shape index (κ2) is 9.84. The van der Waals surface area contributed by atoms with Crippen LogP contribution < -0.4 is 4.90 Å². The maximum Gasteiger partial charge on any atom is 0.355 e. The van der Waals surface area contributed by atoms with Crippen LogP contribution in [0.1, 0.15) is 51.5 Å². The number of aromatic nitrogens is 1. The van der Waals surface area contributed by atoms with Crippen LogP contribution in [0.3, 0.4) is 0 Å². The maximum atomic E-state index is 12.7. The Morgan fingerprint density at radius 2 is 1.80 bits per heavy atom. The molecule has 8 heteroatoms. The summed E-state index contributed by atoms with van der Waals surface area (Å²) in [6, 6.07) is 7.92. The lowest BCUT2D eigenvalue weighted by molar-refractivity contribution is -0.116. The summed E-state index contributed by atoms with van der Waals surface area (Å²) in [7, 11) is 0. The number of carbonyl (C=O) groups excluding carboxylic acids is 3. The van der Waals surface area contributed by atoms with Crippen molar-refractivity contribution in [2.75, 3.05) is 30.4 Å². The van der Waals surface area contributed by atoms with Crippen LogP contribution in [0.2, 0.25) is 0 Å². The molecule has 0 aliphatic carbocycles. The number of benzene rings is 1. The van der Waals surface area contributed by atoms with Gasteiger partial charge >= 0.3 is 11.9 Å². The van der Waals surface area contributed by atoms with Crippen LogP contribution in [0.15, 0.2) is 24.3 Å². The lowest BCUT2D eigenvalue weighted by Crippen LogP contribution is -2.30. The number of nitrogens with zero attached hydrogens (tertiary/aromatic N) is 1. The summed E-state index contributed by atoms with van der Waals surface area (Å²) >= 11 is 1.39. The van der Waals surface area contributed by atoms with Gasteiger partial charge in [0.25, 0.3) is 0 Å². The predicted octanol–water partition coefficient (Wildman–Crippen LogP) is 3.50. The minimum atomic E-state index is -0.512. The number of esters is 2. The number of thioether (sulfide) groups is 1. The highest BCUT2D eigenvalue weighted by Crippen LogP contribution is 2.29. The maximum absolute atomic E-state index is 12.7. The zero-order valence-electron chi connectivity index (χ0n) is 17.4. The molecule has 0 saturated heterocycles. The first-order valence-electron chi connectivity index (χ1n) is 9.99. The number of nitrogens with one attached hydrogen (secondary N) is 1. The zero-order chi connectivity index (χ0) is 21.7. The van der Waals surface area contributed by atoms with Gasteiger partial charge in [-0.05, 0) is 44.4 Å². The highest BCUT2D eigenvalue weighted by atomic mass is 32.2. The third-order valence-electron chi connectivity index (χ3n) is 4.95. The summed E-state index contributed by atoms with van der Waals surface area (Å²) in [6.07, 6.45) is 0.859. The number of para-hydroxylation sites is 1. The first-order chi connectivity index (χ1) is 14.5.